The molecule has 0 spiro atoms. The number of ether oxygens (including phenoxy) is 1. The number of amides is 2. The number of benzene rings is 2. The summed E-state index contributed by atoms with van der Waals surface area (Å²) in [7, 11) is -1.76. The van der Waals surface area contributed by atoms with Crippen LogP contribution in [0.25, 0.3) is 0 Å². The Balaban J connectivity index is 1.72. The van der Waals surface area contributed by atoms with E-state index in [-0.39, 0.29) is 17.6 Å². The Labute approximate surface area is 176 Å². The second-order valence-corrected chi connectivity index (χ2v) is 8.90. The molecular weight excluding hydrogens is 406 g/mol. The van der Waals surface area contributed by atoms with Gasteiger partial charge in [-0.1, -0.05) is 12.1 Å². The van der Waals surface area contributed by atoms with E-state index in [2.05, 4.69) is 10.6 Å². The molecule has 30 heavy (non-hydrogen) atoms. The third-order valence-electron chi connectivity index (χ3n) is 4.78. The van der Waals surface area contributed by atoms with Gasteiger partial charge in [-0.15, -0.1) is 0 Å². The molecule has 1 aliphatic rings. The van der Waals surface area contributed by atoms with Gasteiger partial charge >= 0.3 is 0 Å². The Hall–Kier alpha value is -2.91. The standard InChI is InChI=1S/C21H25N3O5S/c1-29-14-12-22-21(26)18-6-2-3-7-19(18)23-20(25)16-8-10-17(11-9-16)24-13-4-5-15-30(24,27)28/h2-3,6-11H,4-5,12-15H2,1H3,(H,22,26)(H,23,25). The number of nitrogens with zero attached hydrogens (tertiary/aromatic N) is 1. The zero-order valence-electron chi connectivity index (χ0n) is 16.8. The van der Waals surface area contributed by atoms with Crippen LogP contribution >= 0.6 is 0 Å². The van der Waals surface area contributed by atoms with Crippen molar-refractivity contribution in [3.63, 3.8) is 0 Å². The van der Waals surface area contributed by atoms with Crippen molar-refractivity contribution in [2.75, 3.05) is 42.2 Å². The molecule has 8 nitrogen and oxygen atoms in total. The highest BCUT2D eigenvalue weighted by Gasteiger charge is 2.26. The van der Waals surface area contributed by atoms with Crippen LogP contribution in [0.15, 0.2) is 48.5 Å². The summed E-state index contributed by atoms with van der Waals surface area (Å²) in [4.78, 5) is 25.0. The summed E-state index contributed by atoms with van der Waals surface area (Å²) in [5, 5.41) is 5.48. The van der Waals surface area contributed by atoms with E-state index < -0.39 is 10.0 Å². The van der Waals surface area contributed by atoms with Gasteiger partial charge in [-0.2, -0.15) is 0 Å². The van der Waals surface area contributed by atoms with E-state index in [1.807, 2.05) is 0 Å². The molecule has 1 aliphatic heterocycles. The highest BCUT2D eigenvalue weighted by molar-refractivity contribution is 7.92. The van der Waals surface area contributed by atoms with Crippen LogP contribution in [-0.4, -0.2) is 52.8 Å². The van der Waals surface area contributed by atoms with Crippen LogP contribution in [0, 0.1) is 0 Å². The Morgan fingerprint density at radius 2 is 1.77 bits per heavy atom. The molecule has 0 aliphatic carbocycles. The maximum atomic E-state index is 12.7. The quantitative estimate of drug-likeness (QED) is 0.654. The molecule has 0 atom stereocenters. The molecule has 160 valence electrons. The molecule has 0 bridgehead atoms. The fraction of sp³-hybridized carbons (Fsp3) is 0.333. The lowest BCUT2D eigenvalue weighted by Crippen LogP contribution is -2.37. The van der Waals surface area contributed by atoms with Crippen LogP contribution in [-0.2, 0) is 14.8 Å². The summed E-state index contributed by atoms with van der Waals surface area (Å²) in [6.07, 6.45) is 1.47. The third-order valence-corrected chi connectivity index (χ3v) is 6.65. The largest absolute Gasteiger partial charge is 0.383 e. The number of hydrogen-bond donors (Lipinski definition) is 2. The molecule has 2 aromatic rings. The van der Waals surface area contributed by atoms with Gasteiger partial charge in [0.05, 0.1) is 29.3 Å². The Kier molecular flexibility index (Phi) is 7.07. The second kappa shape index (κ2) is 9.73. The first-order valence-corrected chi connectivity index (χ1v) is 11.3. The van der Waals surface area contributed by atoms with Crippen molar-refractivity contribution in [1.82, 2.24) is 5.32 Å². The van der Waals surface area contributed by atoms with Crippen LogP contribution in [0.4, 0.5) is 11.4 Å². The van der Waals surface area contributed by atoms with Crippen molar-refractivity contribution >= 4 is 33.2 Å². The maximum absolute atomic E-state index is 12.7. The van der Waals surface area contributed by atoms with Gasteiger partial charge in [0.1, 0.15) is 0 Å². The number of rotatable bonds is 7. The first kappa shape index (κ1) is 21.8. The summed E-state index contributed by atoms with van der Waals surface area (Å²) in [6, 6.07) is 13.1. The van der Waals surface area contributed by atoms with Gasteiger partial charge < -0.3 is 15.4 Å². The van der Waals surface area contributed by atoms with Crippen molar-refractivity contribution in [2.45, 2.75) is 12.8 Å². The summed E-state index contributed by atoms with van der Waals surface area (Å²) >= 11 is 0. The zero-order chi connectivity index (χ0) is 21.6. The first-order chi connectivity index (χ1) is 14.4. The minimum absolute atomic E-state index is 0.137. The van der Waals surface area contributed by atoms with E-state index >= 15 is 0 Å². The maximum Gasteiger partial charge on any atom is 0.255 e. The predicted octanol–water partition coefficient (Wildman–Crippen LogP) is 2.25. The van der Waals surface area contributed by atoms with Crippen LogP contribution in [0.3, 0.4) is 0 Å². The van der Waals surface area contributed by atoms with Gasteiger partial charge in [-0.05, 0) is 49.2 Å². The molecule has 9 heteroatoms. The molecule has 2 aromatic carbocycles. The molecule has 1 saturated heterocycles. The Morgan fingerprint density at radius 3 is 2.47 bits per heavy atom. The highest BCUT2D eigenvalue weighted by atomic mass is 32.2. The van der Waals surface area contributed by atoms with E-state index in [4.69, 9.17) is 4.74 Å². The highest BCUT2D eigenvalue weighted by Crippen LogP contribution is 2.24. The lowest BCUT2D eigenvalue weighted by atomic mass is 10.1. The summed E-state index contributed by atoms with van der Waals surface area (Å²) in [5.41, 5.74) is 1.64. The molecule has 0 radical (unpaired) electrons. The zero-order valence-corrected chi connectivity index (χ0v) is 17.6. The molecule has 0 saturated carbocycles. The van der Waals surface area contributed by atoms with Crippen LogP contribution in [0.2, 0.25) is 0 Å². The molecular formula is C21H25N3O5S. The molecule has 0 unspecified atom stereocenters. The summed E-state index contributed by atoms with van der Waals surface area (Å²) in [6.45, 7) is 1.19. The molecule has 1 heterocycles. The van der Waals surface area contributed by atoms with Crippen molar-refractivity contribution in [1.29, 1.82) is 0 Å². The topological polar surface area (TPSA) is 105 Å². The smallest absolute Gasteiger partial charge is 0.255 e. The number of carbonyl (C=O) groups is 2. The van der Waals surface area contributed by atoms with Crippen molar-refractivity contribution in [3.8, 4) is 0 Å². The minimum Gasteiger partial charge on any atom is -0.383 e. The SMILES string of the molecule is COCCNC(=O)c1ccccc1NC(=O)c1ccc(N2CCCCS2(=O)=O)cc1. The first-order valence-electron chi connectivity index (χ1n) is 9.70. The average Bonchev–Trinajstić information content (AvgIpc) is 2.74. The number of sulfonamides is 1. The van der Waals surface area contributed by atoms with Gasteiger partial charge in [0.2, 0.25) is 10.0 Å². The van der Waals surface area contributed by atoms with Crippen molar-refractivity contribution < 1.29 is 22.7 Å². The Bertz CT molecular complexity index is 1010. The van der Waals surface area contributed by atoms with E-state index in [9.17, 15) is 18.0 Å². The number of hydrogen-bond acceptors (Lipinski definition) is 5. The van der Waals surface area contributed by atoms with Crippen LogP contribution in [0.5, 0.6) is 0 Å². The van der Waals surface area contributed by atoms with E-state index in [0.717, 1.165) is 6.42 Å². The van der Waals surface area contributed by atoms with Gasteiger partial charge in [0, 0.05) is 25.8 Å². The van der Waals surface area contributed by atoms with E-state index in [1.54, 1.807) is 55.6 Å². The van der Waals surface area contributed by atoms with Crippen LogP contribution in [0.1, 0.15) is 33.6 Å². The fourth-order valence-corrected chi connectivity index (χ4v) is 4.84. The van der Waals surface area contributed by atoms with E-state index in [0.29, 0.717) is 48.6 Å². The molecule has 2 N–H and O–H groups in total. The minimum atomic E-state index is -3.30. The van der Waals surface area contributed by atoms with E-state index in [1.165, 1.54) is 4.31 Å². The van der Waals surface area contributed by atoms with Crippen LogP contribution < -0.4 is 14.9 Å². The van der Waals surface area contributed by atoms with Crippen molar-refractivity contribution in [3.05, 3.63) is 59.7 Å². The third kappa shape index (κ3) is 5.17. The molecule has 0 aromatic heterocycles. The lowest BCUT2D eigenvalue weighted by Gasteiger charge is -2.28. The van der Waals surface area contributed by atoms with Gasteiger partial charge in [0.25, 0.3) is 11.8 Å². The number of anilines is 2. The molecule has 1 fully saturated rings. The number of nitrogens with one attached hydrogen (secondary N) is 2. The average molecular weight is 432 g/mol. The van der Waals surface area contributed by atoms with Crippen molar-refractivity contribution in [2.24, 2.45) is 0 Å². The number of methoxy groups -OCH3 is 1. The van der Waals surface area contributed by atoms with Gasteiger partial charge in [0.15, 0.2) is 0 Å². The summed E-state index contributed by atoms with van der Waals surface area (Å²) < 4.78 is 30.8. The summed E-state index contributed by atoms with van der Waals surface area (Å²) in [5.74, 6) is -0.563. The molecule has 3 rings (SSSR count). The monoisotopic (exact) mass is 431 g/mol. The Morgan fingerprint density at radius 1 is 1.03 bits per heavy atom. The lowest BCUT2D eigenvalue weighted by molar-refractivity contribution is 0.0938. The predicted molar refractivity (Wildman–Crippen MR) is 115 cm³/mol. The number of carbonyl (C=O) groups excluding carboxylic acids is 2. The fourth-order valence-electron chi connectivity index (χ4n) is 3.20. The van der Waals surface area contributed by atoms with Gasteiger partial charge in [-0.3, -0.25) is 13.9 Å². The molecule has 2 amide bonds. The second-order valence-electron chi connectivity index (χ2n) is 6.89. The number of para-hydroxylation sites is 1. The van der Waals surface area contributed by atoms with Gasteiger partial charge in [-0.25, -0.2) is 8.42 Å². The normalized spacial score (nSPS) is 15.4.